The van der Waals surface area contributed by atoms with Crippen molar-refractivity contribution < 1.29 is 18.7 Å². The van der Waals surface area contributed by atoms with Crippen LogP contribution in [-0.2, 0) is 14.9 Å². The summed E-state index contributed by atoms with van der Waals surface area (Å²) in [6.45, 7) is 5.30. The zero-order valence-corrected chi connectivity index (χ0v) is 15.0. The van der Waals surface area contributed by atoms with Crippen LogP contribution in [0.1, 0.15) is 30.9 Å². The molecule has 1 saturated heterocycles. The van der Waals surface area contributed by atoms with Crippen molar-refractivity contribution in [2.24, 2.45) is 0 Å². The Morgan fingerprint density at radius 1 is 1.31 bits per heavy atom. The Bertz CT molecular complexity index is 771. The number of nitrogens with one attached hydrogen (secondary N) is 1. The van der Waals surface area contributed by atoms with Crippen molar-refractivity contribution in [3.8, 4) is 5.88 Å². The van der Waals surface area contributed by atoms with Gasteiger partial charge in [-0.3, -0.25) is 4.79 Å². The molecule has 26 heavy (non-hydrogen) atoms. The first-order chi connectivity index (χ1) is 12.5. The van der Waals surface area contributed by atoms with E-state index in [0.29, 0.717) is 44.2 Å². The molecular weight excluding hydrogens is 335 g/mol. The number of aromatic nitrogens is 1. The molecule has 5 nitrogen and oxygen atoms in total. The number of hydrogen-bond acceptors (Lipinski definition) is 4. The average molecular weight is 358 g/mol. The van der Waals surface area contributed by atoms with E-state index in [1.165, 1.54) is 12.1 Å². The summed E-state index contributed by atoms with van der Waals surface area (Å²) in [6.07, 6.45) is 2.69. The summed E-state index contributed by atoms with van der Waals surface area (Å²) in [5, 5.41) is 2.97. The smallest absolute Gasteiger partial charge is 0.235 e. The van der Waals surface area contributed by atoms with E-state index in [0.717, 1.165) is 11.1 Å². The number of anilines is 1. The second-order valence-electron chi connectivity index (χ2n) is 6.43. The predicted octanol–water partition coefficient (Wildman–Crippen LogP) is 3.61. The van der Waals surface area contributed by atoms with Gasteiger partial charge >= 0.3 is 0 Å². The quantitative estimate of drug-likeness (QED) is 0.887. The molecule has 2 aromatic rings. The van der Waals surface area contributed by atoms with Crippen molar-refractivity contribution in [1.82, 2.24) is 4.98 Å². The molecule has 138 valence electrons. The third kappa shape index (κ3) is 3.70. The van der Waals surface area contributed by atoms with Crippen molar-refractivity contribution >= 4 is 11.6 Å². The number of carbonyl (C=O) groups excluding carboxylic acids is 1. The average Bonchev–Trinajstić information content (AvgIpc) is 2.65. The number of aryl methyl sites for hydroxylation is 1. The highest BCUT2D eigenvalue weighted by molar-refractivity contribution is 5.99. The van der Waals surface area contributed by atoms with Gasteiger partial charge in [-0.05, 0) is 50.5 Å². The van der Waals surface area contributed by atoms with Gasteiger partial charge in [0.15, 0.2) is 0 Å². The molecule has 1 amide bonds. The summed E-state index contributed by atoms with van der Waals surface area (Å²) in [5.41, 5.74) is 1.53. The fourth-order valence-corrected chi connectivity index (χ4v) is 3.30. The first-order valence-electron chi connectivity index (χ1n) is 8.80. The molecule has 1 aromatic heterocycles. The number of ether oxygens (including phenoxy) is 2. The number of carbonyl (C=O) groups is 1. The summed E-state index contributed by atoms with van der Waals surface area (Å²) >= 11 is 0. The lowest BCUT2D eigenvalue weighted by atomic mass is 9.73. The molecule has 1 aliphatic rings. The third-order valence-corrected chi connectivity index (χ3v) is 4.75. The van der Waals surface area contributed by atoms with Crippen LogP contribution in [0.5, 0.6) is 5.88 Å². The van der Waals surface area contributed by atoms with E-state index >= 15 is 0 Å². The largest absolute Gasteiger partial charge is 0.478 e. The Morgan fingerprint density at radius 3 is 2.62 bits per heavy atom. The molecule has 0 unspecified atom stereocenters. The van der Waals surface area contributed by atoms with Crippen LogP contribution in [-0.4, -0.2) is 30.7 Å². The maximum Gasteiger partial charge on any atom is 0.235 e. The molecule has 0 bridgehead atoms. The van der Waals surface area contributed by atoms with Gasteiger partial charge in [0, 0.05) is 18.8 Å². The molecule has 0 radical (unpaired) electrons. The molecule has 0 atom stereocenters. The highest BCUT2D eigenvalue weighted by Crippen LogP contribution is 2.36. The van der Waals surface area contributed by atoms with Crippen LogP contribution in [0.25, 0.3) is 0 Å². The van der Waals surface area contributed by atoms with Crippen LogP contribution in [0, 0.1) is 12.7 Å². The normalized spacial score (nSPS) is 16.1. The van der Waals surface area contributed by atoms with Crippen LogP contribution in [0.4, 0.5) is 10.1 Å². The number of hydrogen-bond donors (Lipinski definition) is 1. The molecule has 1 N–H and O–H groups in total. The highest BCUT2D eigenvalue weighted by Gasteiger charge is 2.41. The summed E-state index contributed by atoms with van der Waals surface area (Å²) in [4.78, 5) is 17.4. The molecule has 1 aliphatic heterocycles. The number of amides is 1. The molecular formula is C20H23FN2O3. The Labute approximate surface area is 152 Å². The Hall–Kier alpha value is -2.47. The van der Waals surface area contributed by atoms with Gasteiger partial charge < -0.3 is 14.8 Å². The summed E-state index contributed by atoms with van der Waals surface area (Å²) in [5.74, 6) is 0.116. The lowest BCUT2D eigenvalue weighted by molar-refractivity contribution is -0.125. The second kappa shape index (κ2) is 7.83. The fraction of sp³-hybridized carbons (Fsp3) is 0.400. The Balaban J connectivity index is 1.86. The van der Waals surface area contributed by atoms with Gasteiger partial charge in [-0.15, -0.1) is 0 Å². The first kappa shape index (κ1) is 18.3. The highest BCUT2D eigenvalue weighted by atomic mass is 19.1. The predicted molar refractivity (Wildman–Crippen MR) is 96.9 cm³/mol. The van der Waals surface area contributed by atoms with Crippen LogP contribution in [0.15, 0.2) is 36.5 Å². The zero-order chi connectivity index (χ0) is 18.6. The van der Waals surface area contributed by atoms with Crippen molar-refractivity contribution in [2.45, 2.75) is 32.1 Å². The number of benzene rings is 1. The summed E-state index contributed by atoms with van der Waals surface area (Å²) in [7, 11) is 0. The lowest BCUT2D eigenvalue weighted by Gasteiger charge is -2.36. The first-order valence-corrected chi connectivity index (χ1v) is 8.80. The van der Waals surface area contributed by atoms with Crippen molar-refractivity contribution in [3.63, 3.8) is 0 Å². The summed E-state index contributed by atoms with van der Waals surface area (Å²) in [6, 6.07) is 7.99. The molecule has 0 spiro atoms. The van der Waals surface area contributed by atoms with Gasteiger partial charge in [-0.2, -0.15) is 0 Å². The molecule has 6 heteroatoms. The molecule has 0 aliphatic carbocycles. The zero-order valence-electron chi connectivity index (χ0n) is 15.0. The topological polar surface area (TPSA) is 60.5 Å². The minimum atomic E-state index is -0.738. The second-order valence-corrected chi connectivity index (χ2v) is 6.43. The van der Waals surface area contributed by atoms with E-state index in [1.54, 1.807) is 18.3 Å². The van der Waals surface area contributed by atoms with Gasteiger partial charge in [0.1, 0.15) is 5.82 Å². The molecule has 2 heterocycles. The Kier molecular flexibility index (Phi) is 5.52. The minimum absolute atomic E-state index is 0.127. The van der Waals surface area contributed by atoms with Gasteiger partial charge in [0.25, 0.3) is 0 Å². The minimum Gasteiger partial charge on any atom is -0.478 e. The van der Waals surface area contributed by atoms with Crippen LogP contribution in [0.2, 0.25) is 0 Å². The summed E-state index contributed by atoms with van der Waals surface area (Å²) < 4.78 is 24.2. The molecule has 0 saturated carbocycles. The maximum atomic E-state index is 13.3. The third-order valence-electron chi connectivity index (χ3n) is 4.75. The Morgan fingerprint density at radius 2 is 2.00 bits per heavy atom. The van der Waals surface area contributed by atoms with E-state index in [1.807, 2.05) is 19.9 Å². The van der Waals surface area contributed by atoms with Gasteiger partial charge in [0.05, 0.1) is 23.9 Å². The van der Waals surface area contributed by atoms with E-state index in [9.17, 15) is 9.18 Å². The van der Waals surface area contributed by atoms with E-state index in [4.69, 9.17) is 9.47 Å². The number of nitrogens with zero attached hydrogens (tertiary/aromatic N) is 1. The van der Waals surface area contributed by atoms with Crippen LogP contribution in [0.3, 0.4) is 0 Å². The fourth-order valence-electron chi connectivity index (χ4n) is 3.30. The number of halogens is 1. The lowest BCUT2D eigenvalue weighted by Crippen LogP contribution is -2.44. The van der Waals surface area contributed by atoms with Crippen molar-refractivity contribution in [1.29, 1.82) is 0 Å². The molecule has 3 rings (SSSR count). The van der Waals surface area contributed by atoms with Crippen LogP contribution < -0.4 is 10.1 Å². The van der Waals surface area contributed by atoms with E-state index < -0.39 is 5.41 Å². The van der Waals surface area contributed by atoms with Gasteiger partial charge in [0.2, 0.25) is 11.8 Å². The van der Waals surface area contributed by atoms with Gasteiger partial charge in [-0.25, -0.2) is 9.37 Å². The number of pyridine rings is 1. The van der Waals surface area contributed by atoms with E-state index in [2.05, 4.69) is 10.3 Å². The monoisotopic (exact) mass is 358 g/mol. The standard InChI is InChI=1S/C20H23FN2O3/c1-3-26-18-14(2)12-17(13-22-18)23-19(24)20(8-10-25-11-9-20)15-4-6-16(21)7-5-15/h4-7,12-13H,3,8-11H2,1-2H3,(H,23,24). The van der Waals surface area contributed by atoms with Gasteiger partial charge in [-0.1, -0.05) is 12.1 Å². The van der Waals surface area contributed by atoms with Crippen molar-refractivity contribution in [2.75, 3.05) is 25.1 Å². The number of rotatable bonds is 5. The van der Waals surface area contributed by atoms with E-state index in [-0.39, 0.29) is 11.7 Å². The maximum absolute atomic E-state index is 13.3. The SMILES string of the molecule is CCOc1ncc(NC(=O)C2(c3ccc(F)cc3)CCOCC2)cc1C. The molecule has 1 fully saturated rings. The van der Waals surface area contributed by atoms with Crippen LogP contribution >= 0.6 is 0 Å². The molecule has 1 aromatic carbocycles. The van der Waals surface area contributed by atoms with Crippen molar-refractivity contribution in [3.05, 3.63) is 53.5 Å².